The van der Waals surface area contributed by atoms with Crippen LogP contribution in [0.3, 0.4) is 0 Å². The summed E-state index contributed by atoms with van der Waals surface area (Å²) in [5, 5.41) is 0. The molecule has 4 heteroatoms. The van der Waals surface area contributed by atoms with Crippen LogP contribution in [0.2, 0.25) is 0 Å². The fourth-order valence-corrected chi connectivity index (χ4v) is 1.96. The summed E-state index contributed by atoms with van der Waals surface area (Å²) in [6, 6.07) is 9.48. The van der Waals surface area contributed by atoms with Gasteiger partial charge in [-0.25, -0.2) is 0 Å². The smallest absolute Gasteiger partial charge is 0.164 e. The summed E-state index contributed by atoms with van der Waals surface area (Å²) < 4.78 is 5.24. The Morgan fingerprint density at radius 2 is 2.08 bits per heavy atom. The number of Topliss-reactive ketones (excluding diaryl/α,β-unsaturated/α-hetero) is 1. The van der Waals surface area contributed by atoms with Gasteiger partial charge < -0.3 is 0 Å². The fraction of sp³-hybridized carbons (Fsp3) is 0.222. The Morgan fingerprint density at radius 3 is 2.54 bits per heavy atom. The minimum Gasteiger partial charge on any atom is -0.297 e. The van der Waals surface area contributed by atoms with Gasteiger partial charge in [0.25, 0.3) is 0 Å². The van der Waals surface area contributed by atoms with Gasteiger partial charge in [0.2, 0.25) is 0 Å². The van der Waals surface area contributed by atoms with Gasteiger partial charge in [-0.1, -0.05) is 30.3 Å². The highest BCUT2D eigenvalue weighted by Gasteiger charge is 2.16. The lowest BCUT2D eigenvalue weighted by Crippen LogP contribution is -2.08. The van der Waals surface area contributed by atoms with Gasteiger partial charge in [-0.15, -0.1) is 0 Å². The van der Waals surface area contributed by atoms with Crippen molar-refractivity contribution in [3.8, 4) is 0 Å². The molecule has 0 aliphatic heterocycles. The van der Waals surface area contributed by atoms with E-state index in [2.05, 4.69) is 0 Å². The molecule has 0 unspecified atom stereocenters. The molecule has 0 N–H and O–H groups in total. The van der Waals surface area contributed by atoms with E-state index in [-0.39, 0.29) is 5.78 Å². The minimum atomic E-state index is -0.442. The van der Waals surface area contributed by atoms with Gasteiger partial charge in [-0.3, -0.25) is 8.98 Å². The molecule has 0 saturated heterocycles. The Balaban J connectivity index is 2.82. The van der Waals surface area contributed by atoms with Gasteiger partial charge in [-0.05, 0) is 12.5 Å². The highest BCUT2D eigenvalue weighted by molar-refractivity contribution is 14.2. The van der Waals surface area contributed by atoms with E-state index in [0.717, 1.165) is 5.56 Å². The quantitative estimate of drug-likeness (QED) is 0.630. The maximum absolute atomic E-state index is 11.2. The number of hydrogen-bond donors (Lipinski definition) is 0. The summed E-state index contributed by atoms with van der Waals surface area (Å²) in [7, 11) is 1.18. The molecule has 0 aromatic heterocycles. The van der Waals surface area contributed by atoms with Crippen molar-refractivity contribution in [3.05, 3.63) is 35.9 Å². The van der Waals surface area contributed by atoms with Gasteiger partial charge in [0.15, 0.2) is 11.9 Å². The van der Waals surface area contributed by atoms with Crippen molar-refractivity contribution in [3.63, 3.8) is 0 Å². The number of rotatable bonds is 4. The second-order valence-electron chi connectivity index (χ2n) is 2.56. The van der Waals surface area contributed by atoms with E-state index in [9.17, 15) is 4.79 Å². The van der Waals surface area contributed by atoms with Crippen molar-refractivity contribution in [2.24, 2.45) is 0 Å². The van der Waals surface area contributed by atoms with E-state index in [4.69, 9.17) is 4.18 Å². The molecule has 1 aromatic rings. The summed E-state index contributed by atoms with van der Waals surface area (Å²) in [6.45, 7) is 1.53. The average Bonchev–Trinajstić information content (AvgIpc) is 2.15. The first-order chi connectivity index (χ1) is 6.25. The van der Waals surface area contributed by atoms with E-state index >= 15 is 0 Å². The van der Waals surface area contributed by atoms with Crippen molar-refractivity contribution in [2.75, 3.05) is 0 Å². The van der Waals surface area contributed by atoms with E-state index < -0.39 is 6.10 Å². The maximum Gasteiger partial charge on any atom is 0.164 e. The molecule has 0 fully saturated rings. The fourth-order valence-electron chi connectivity index (χ4n) is 1.02. The van der Waals surface area contributed by atoms with Gasteiger partial charge in [0.05, 0.1) is 9.21 Å². The van der Waals surface area contributed by atoms with Gasteiger partial charge in [-0.2, -0.15) is 0 Å². The average molecular weight is 308 g/mol. The zero-order valence-corrected chi connectivity index (χ0v) is 10.0. The first-order valence-electron chi connectivity index (χ1n) is 3.75. The van der Waals surface area contributed by atoms with Gasteiger partial charge in [0, 0.05) is 21.2 Å². The van der Waals surface area contributed by atoms with Crippen molar-refractivity contribution in [2.45, 2.75) is 13.0 Å². The largest absolute Gasteiger partial charge is 0.297 e. The molecule has 13 heavy (non-hydrogen) atoms. The van der Waals surface area contributed by atoms with E-state index in [1.807, 2.05) is 51.5 Å². The van der Waals surface area contributed by atoms with Crippen LogP contribution in [-0.2, 0) is 8.98 Å². The predicted molar refractivity (Wildman–Crippen MR) is 62.6 cm³/mol. The Morgan fingerprint density at radius 1 is 1.46 bits per heavy atom. The molecule has 0 radical (unpaired) electrons. The Hall–Kier alpha value is -0.0700. The SMILES string of the molecule is CC(=O)[C@@H](OSI)c1ccccc1. The predicted octanol–water partition coefficient (Wildman–Crippen LogP) is 3.33. The molecule has 0 spiro atoms. The third kappa shape index (κ3) is 3.28. The molecule has 2 nitrogen and oxygen atoms in total. The second kappa shape index (κ2) is 5.62. The standard InChI is InChI=1S/C9H9IO2S/c1-7(11)9(12-13-10)8-5-3-2-4-6-8/h2-6,9H,1H3/t9-/m1/s1. The van der Waals surface area contributed by atoms with Crippen molar-refractivity contribution < 1.29 is 8.98 Å². The van der Waals surface area contributed by atoms with Crippen molar-refractivity contribution in [1.29, 1.82) is 0 Å². The molecular formula is C9H9IO2S. The molecule has 1 aromatic carbocycles. The summed E-state index contributed by atoms with van der Waals surface area (Å²) in [6.07, 6.45) is -0.442. The summed E-state index contributed by atoms with van der Waals surface area (Å²) >= 11 is 2.00. The summed E-state index contributed by atoms with van der Waals surface area (Å²) in [5.41, 5.74) is 0.902. The molecule has 0 amide bonds. The number of benzene rings is 1. The molecule has 70 valence electrons. The normalized spacial score (nSPS) is 12.5. The highest BCUT2D eigenvalue weighted by atomic mass is 127. The van der Waals surface area contributed by atoms with E-state index in [1.54, 1.807) is 0 Å². The zero-order chi connectivity index (χ0) is 9.68. The minimum absolute atomic E-state index is 0.0235. The molecule has 0 saturated carbocycles. The van der Waals surface area contributed by atoms with Crippen LogP contribution in [0.25, 0.3) is 0 Å². The Bertz CT molecular complexity index is 276. The van der Waals surface area contributed by atoms with Crippen LogP contribution >= 0.6 is 30.4 Å². The number of ketones is 1. The van der Waals surface area contributed by atoms with Crippen LogP contribution in [0, 0.1) is 0 Å². The third-order valence-corrected chi connectivity index (χ3v) is 2.49. The van der Waals surface area contributed by atoms with Crippen LogP contribution in [0.4, 0.5) is 0 Å². The topological polar surface area (TPSA) is 26.3 Å². The maximum atomic E-state index is 11.2. The van der Waals surface area contributed by atoms with Gasteiger partial charge >= 0.3 is 0 Å². The molecule has 0 bridgehead atoms. The van der Waals surface area contributed by atoms with Crippen LogP contribution in [-0.4, -0.2) is 5.78 Å². The van der Waals surface area contributed by atoms with Gasteiger partial charge in [0.1, 0.15) is 0 Å². The summed E-state index contributed by atoms with van der Waals surface area (Å²) in [5.74, 6) is 0.0235. The number of hydrogen-bond acceptors (Lipinski definition) is 3. The van der Waals surface area contributed by atoms with Crippen molar-refractivity contribution in [1.82, 2.24) is 0 Å². The van der Waals surface area contributed by atoms with Crippen LogP contribution in [0.5, 0.6) is 0 Å². The third-order valence-electron chi connectivity index (χ3n) is 1.60. The lowest BCUT2D eigenvalue weighted by molar-refractivity contribution is -0.123. The monoisotopic (exact) mass is 308 g/mol. The lowest BCUT2D eigenvalue weighted by atomic mass is 10.1. The van der Waals surface area contributed by atoms with Crippen LogP contribution in [0.15, 0.2) is 30.3 Å². The first kappa shape index (κ1) is 11.0. The summed E-state index contributed by atoms with van der Waals surface area (Å²) in [4.78, 5) is 11.2. The number of halogens is 1. The molecule has 1 rings (SSSR count). The van der Waals surface area contributed by atoms with Crippen LogP contribution < -0.4 is 0 Å². The van der Waals surface area contributed by atoms with Crippen LogP contribution in [0.1, 0.15) is 18.6 Å². The van der Waals surface area contributed by atoms with Crippen molar-refractivity contribution >= 4 is 36.2 Å². The molecule has 0 heterocycles. The Kier molecular flexibility index (Phi) is 4.76. The number of carbonyl (C=O) groups excluding carboxylic acids is 1. The lowest BCUT2D eigenvalue weighted by Gasteiger charge is -2.11. The number of carbonyl (C=O) groups is 1. The first-order valence-corrected chi connectivity index (χ1v) is 7.03. The molecule has 0 aliphatic rings. The molecular weight excluding hydrogens is 299 g/mol. The highest BCUT2D eigenvalue weighted by Crippen LogP contribution is 2.27. The van der Waals surface area contributed by atoms with E-state index in [1.165, 1.54) is 16.1 Å². The zero-order valence-electron chi connectivity index (χ0n) is 7.07. The van der Waals surface area contributed by atoms with E-state index in [0.29, 0.717) is 0 Å². The molecule has 0 aliphatic carbocycles. The Labute approximate surface area is 93.8 Å². The second-order valence-corrected chi connectivity index (χ2v) is 3.96. The molecule has 1 atom stereocenters.